The average Bonchev–Trinajstić information content (AvgIpc) is 3.63. The first-order valence-electron chi connectivity index (χ1n) is 15.4. The van der Waals surface area contributed by atoms with Gasteiger partial charge in [0.05, 0.1) is 54.0 Å². The Labute approximate surface area is 264 Å². The lowest BCUT2D eigenvalue weighted by Crippen LogP contribution is -2.53. The third-order valence-corrected chi connectivity index (χ3v) is 9.74. The molecule has 3 heterocycles. The Morgan fingerprint density at radius 1 is 1.09 bits per heavy atom. The minimum atomic E-state index is -0.778. The zero-order valence-electron chi connectivity index (χ0n) is 24.7. The Morgan fingerprint density at radius 2 is 1.84 bits per heavy atom. The summed E-state index contributed by atoms with van der Waals surface area (Å²) in [5, 5.41) is 12.6. The fraction of sp³-hybridized carbons (Fsp3) is 0.485. The normalized spacial score (nSPS) is 24.1. The smallest absolute Gasteiger partial charge is 0.306 e. The van der Waals surface area contributed by atoms with E-state index in [1.165, 1.54) is 12.3 Å². The molecule has 0 bridgehead atoms. The number of rotatable bonds is 10. The van der Waals surface area contributed by atoms with Crippen molar-refractivity contribution in [2.45, 2.75) is 56.7 Å². The number of carboxylic acid groups (broad SMARTS) is 1. The molecule has 0 spiro atoms. The molecule has 2 atom stereocenters. The van der Waals surface area contributed by atoms with E-state index >= 15 is 4.39 Å². The van der Waals surface area contributed by atoms with Gasteiger partial charge in [0, 0.05) is 37.0 Å². The summed E-state index contributed by atoms with van der Waals surface area (Å²) in [4.78, 5) is 41.8. The Morgan fingerprint density at radius 3 is 2.58 bits per heavy atom. The summed E-state index contributed by atoms with van der Waals surface area (Å²) in [5.41, 5.74) is 1.01. The molecule has 0 radical (unpaired) electrons. The second kappa shape index (κ2) is 13.4. The van der Waals surface area contributed by atoms with Crippen LogP contribution in [-0.4, -0.2) is 83.8 Å². The van der Waals surface area contributed by atoms with E-state index in [1.807, 2.05) is 0 Å². The zero-order chi connectivity index (χ0) is 31.7. The predicted octanol–water partition coefficient (Wildman–Crippen LogP) is 5.55. The van der Waals surface area contributed by atoms with E-state index in [0.29, 0.717) is 69.3 Å². The van der Waals surface area contributed by atoms with Gasteiger partial charge in [-0.1, -0.05) is 29.8 Å². The Hall–Kier alpha value is -3.54. The lowest BCUT2D eigenvalue weighted by atomic mass is 9.87. The van der Waals surface area contributed by atoms with Crippen LogP contribution < -0.4 is 5.32 Å². The molecule has 2 amide bonds. The van der Waals surface area contributed by atoms with Crippen molar-refractivity contribution in [2.24, 2.45) is 11.8 Å². The number of likely N-dealkylation sites (tertiary alicyclic amines) is 2. The lowest BCUT2D eigenvalue weighted by Gasteiger charge is -2.41. The molecule has 2 saturated heterocycles. The maximum absolute atomic E-state index is 15.3. The number of carbonyl (C=O) groups is 3. The summed E-state index contributed by atoms with van der Waals surface area (Å²) in [6, 6.07) is 9.34. The number of hydrogen-bond acceptors (Lipinski definition) is 6. The first-order valence-corrected chi connectivity index (χ1v) is 15.8. The maximum atomic E-state index is 15.3. The third-order valence-electron chi connectivity index (χ3n) is 9.43. The minimum absolute atomic E-state index is 0.0105. The number of aliphatic carboxylic acids is 1. The second-order valence-electron chi connectivity index (χ2n) is 12.4. The number of fused-ring (bicyclic) bond motifs is 1. The number of halogens is 3. The number of para-hydroxylation sites is 1. The van der Waals surface area contributed by atoms with Crippen LogP contribution in [0.1, 0.15) is 48.0 Å². The molecule has 6 rings (SSSR count). The number of nitrogens with one attached hydrogen (secondary N) is 1. The highest BCUT2D eigenvalue weighted by Gasteiger charge is 2.42. The van der Waals surface area contributed by atoms with Crippen molar-refractivity contribution in [1.29, 1.82) is 0 Å². The summed E-state index contributed by atoms with van der Waals surface area (Å²) < 4.78 is 40.1. The highest BCUT2D eigenvalue weighted by molar-refractivity contribution is 6.34. The molecule has 1 aromatic heterocycles. The molecule has 0 unspecified atom stereocenters. The molecule has 2 aliphatic heterocycles. The molecule has 9 nitrogen and oxygen atoms in total. The fourth-order valence-electron chi connectivity index (χ4n) is 6.78. The van der Waals surface area contributed by atoms with Gasteiger partial charge < -0.3 is 24.5 Å². The van der Waals surface area contributed by atoms with Crippen LogP contribution in [-0.2, 0) is 20.7 Å². The average molecular weight is 644 g/mol. The van der Waals surface area contributed by atoms with E-state index < -0.39 is 17.7 Å². The largest absolute Gasteiger partial charge is 0.481 e. The number of amides is 2. The summed E-state index contributed by atoms with van der Waals surface area (Å²) in [5.74, 6) is -2.57. The van der Waals surface area contributed by atoms with Crippen LogP contribution in [0.2, 0.25) is 5.02 Å². The molecule has 2 aromatic carbocycles. The van der Waals surface area contributed by atoms with Crippen LogP contribution in [0.3, 0.4) is 0 Å². The highest BCUT2D eigenvalue weighted by atomic mass is 35.5. The van der Waals surface area contributed by atoms with E-state index in [4.69, 9.17) is 20.8 Å². The van der Waals surface area contributed by atoms with E-state index in [9.17, 15) is 23.9 Å². The lowest BCUT2D eigenvalue weighted by molar-refractivity contribution is -0.144. The van der Waals surface area contributed by atoms with Gasteiger partial charge in [0.2, 0.25) is 5.91 Å². The molecular formula is C33H36ClF2N3O6. The van der Waals surface area contributed by atoms with E-state index in [-0.39, 0.29) is 70.9 Å². The van der Waals surface area contributed by atoms with Crippen LogP contribution >= 0.6 is 11.6 Å². The summed E-state index contributed by atoms with van der Waals surface area (Å²) in [7, 11) is 0. The van der Waals surface area contributed by atoms with Gasteiger partial charge in [-0.2, -0.15) is 0 Å². The van der Waals surface area contributed by atoms with Gasteiger partial charge in [-0.25, -0.2) is 4.39 Å². The molecule has 3 fully saturated rings. The molecular weight excluding hydrogens is 608 g/mol. The number of carboxylic acids is 1. The van der Waals surface area contributed by atoms with Gasteiger partial charge in [-0.05, 0) is 55.9 Å². The van der Waals surface area contributed by atoms with Gasteiger partial charge in [0.25, 0.3) is 5.91 Å². The fourth-order valence-corrected chi connectivity index (χ4v) is 7.01. The quantitative estimate of drug-likeness (QED) is 0.298. The standard InChI is InChI=1S/C33H36ClF2N3O6/c34-27-9-21(28(36)12-29(27)37-32(41)26-18-45-30-4-2-1-3-25(26)30)10-31(40)39-16-22(38-14-19(13-35)15-38)11-23(39)17-44-24-7-5-20(6-8-24)33(42)43/h1-4,9,12,18-20,22-24H,5-8,10-11,13-17H2,(H,37,41)(H,42,43)/t20-,22-,23-,24-/m0/s1. The summed E-state index contributed by atoms with van der Waals surface area (Å²) >= 11 is 6.46. The maximum Gasteiger partial charge on any atom is 0.306 e. The Balaban J connectivity index is 1.11. The van der Waals surface area contributed by atoms with Crippen LogP contribution in [0.15, 0.2) is 47.1 Å². The van der Waals surface area contributed by atoms with Crippen LogP contribution in [0.5, 0.6) is 0 Å². The van der Waals surface area contributed by atoms with Gasteiger partial charge in [-0.15, -0.1) is 0 Å². The number of carbonyl (C=O) groups excluding carboxylic acids is 2. The third kappa shape index (κ3) is 6.85. The molecule has 2 N–H and O–H groups in total. The minimum Gasteiger partial charge on any atom is -0.481 e. The second-order valence-corrected chi connectivity index (χ2v) is 12.8. The van der Waals surface area contributed by atoms with Gasteiger partial charge >= 0.3 is 5.97 Å². The van der Waals surface area contributed by atoms with Crippen LogP contribution in [0.25, 0.3) is 11.0 Å². The predicted molar refractivity (Wildman–Crippen MR) is 164 cm³/mol. The topological polar surface area (TPSA) is 112 Å². The van der Waals surface area contributed by atoms with Crippen molar-refractivity contribution in [3.8, 4) is 0 Å². The van der Waals surface area contributed by atoms with Crippen LogP contribution in [0, 0.1) is 17.7 Å². The number of ether oxygens (including phenoxy) is 1. The van der Waals surface area contributed by atoms with Crippen molar-refractivity contribution in [3.63, 3.8) is 0 Å². The molecule has 45 heavy (non-hydrogen) atoms. The highest BCUT2D eigenvalue weighted by Crippen LogP contribution is 2.33. The van der Waals surface area contributed by atoms with Gasteiger partial charge in [-0.3, -0.25) is 23.7 Å². The van der Waals surface area contributed by atoms with E-state index in [0.717, 1.165) is 6.07 Å². The molecule has 1 aliphatic carbocycles. The number of anilines is 1. The van der Waals surface area contributed by atoms with Gasteiger partial charge in [0.15, 0.2) is 0 Å². The van der Waals surface area contributed by atoms with Crippen molar-refractivity contribution >= 4 is 46.0 Å². The Kier molecular flexibility index (Phi) is 9.39. The van der Waals surface area contributed by atoms with E-state index in [1.54, 1.807) is 29.2 Å². The molecule has 3 aromatic rings. The molecule has 240 valence electrons. The number of alkyl halides is 1. The van der Waals surface area contributed by atoms with Crippen molar-refractivity contribution in [1.82, 2.24) is 9.80 Å². The summed E-state index contributed by atoms with van der Waals surface area (Å²) in [6.45, 7) is 1.64. The van der Waals surface area contributed by atoms with Crippen molar-refractivity contribution in [3.05, 3.63) is 64.6 Å². The van der Waals surface area contributed by atoms with Crippen LogP contribution in [0.4, 0.5) is 14.5 Å². The first-order chi connectivity index (χ1) is 21.7. The van der Waals surface area contributed by atoms with E-state index in [2.05, 4.69) is 10.2 Å². The summed E-state index contributed by atoms with van der Waals surface area (Å²) in [6.07, 6.45) is 4.10. The number of nitrogens with zero attached hydrogens (tertiary/aromatic N) is 2. The SMILES string of the molecule is O=C(Nc1cc(F)c(CC(=O)N2C[C@@H](N3CC(CF)C3)C[C@H]2CO[C@H]2CC[C@H](C(=O)O)CC2)cc1Cl)c1coc2ccccc12. The number of benzene rings is 2. The molecule has 1 saturated carbocycles. The van der Waals surface area contributed by atoms with Crippen molar-refractivity contribution in [2.75, 3.05) is 38.2 Å². The monoisotopic (exact) mass is 643 g/mol. The number of furan rings is 1. The first kappa shape index (κ1) is 31.4. The van der Waals surface area contributed by atoms with Crippen molar-refractivity contribution < 1.29 is 37.4 Å². The Bertz CT molecular complexity index is 1570. The van der Waals surface area contributed by atoms with Gasteiger partial charge in [0.1, 0.15) is 17.7 Å². The molecule has 3 aliphatic rings. The molecule has 12 heteroatoms. The number of hydrogen-bond donors (Lipinski definition) is 2. The zero-order valence-corrected chi connectivity index (χ0v) is 25.5.